The van der Waals surface area contributed by atoms with Crippen LogP contribution < -0.4 is 15.5 Å². The third-order valence-electron chi connectivity index (χ3n) is 6.27. The monoisotopic (exact) mass is 419 g/mol. The number of hydrogen-bond donors (Lipinski definition) is 3. The normalized spacial score (nSPS) is 24.0. The molecule has 0 aromatic heterocycles. The summed E-state index contributed by atoms with van der Waals surface area (Å²) in [5.74, 6) is 1.12. The third kappa shape index (κ3) is 5.85. The van der Waals surface area contributed by atoms with Crippen molar-refractivity contribution in [1.29, 1.82) is 0 Å². The Morgan fingerprint density at radius 3 is 2.60 bits per heavy atom. The molecule has 0 spiro atoms. The third-order valence-corrected chi connectivity index (χ3v) is 6.27. The lowest BCUT2D eigenvalue weighted by atomic mass is 10.1. The van der Waals surface area contributed by atoms with E-state index in [0.717, 1.165) is 31.2 Å². The van der Waals surface area contributed by atoms with Crippen LogP contribution in [-0.4, -0.2) is 66.9 Å². The maximum Gasteiger partial charge on any atom is 0.191 e. The number of anilines is 1. The summed E-state index contributed by atoms with van der Waals surface area (Å²) >= 11 is 0. The molecule has 0 aliphatic carbocycles. The van der Waals surface area contributed by atoms with Crippen molar-refractivity contribution in [3.63, 3.8) is 0 Å². The van der Waals surface area contributed by atoms with Gasteiger partial charge in [0.2, 0.25) is 0 Å². The number of nitrogens with one attached hydrogen (secondary N) is 2. The molecule has 7 heteroatoms. The van der Waals surface area contributed by atoms with Crippen molar-refractivity contribution in [1.82, 2.24) is 15.5 Å². The first kappa shape index (κ1) is 22.8. The van der Waals surface area contributed by atoms with E-state index in [1.807, 2.05) is 17.0 Å². The Morgan fingerprint density at radius 2 is 2.00 bits per heavy atom. The predicted molar refractivity (Wildman–Crippen MR) is 121 cm³/mol. The van der Waals surface area contributed by atoms with Gasteiger partial charge in [-0.05, 0) is 57.2 Å². The molecule has 3 N–H and O–H groups in total. The Labute approximate surface area is 180 Å². The first-order valence-corrected chi connectivity index (χ1v) is 11.4. The minimum absolute atomic E-state index is 0.214. The highest BCUT2D eigenvalue weighted by molar-refractivity contribution is 5.80. The van der Waals surface area contributed by atoms with Gasteiger partial charge in [0.1, 0.15) is 5.82 Å². The SMILES string of the molecule is CCNC(=NCc1ccc(N2CCC(O)CC2)c(F)c1)NC1CN(C(C)C)CC1C. The molecule has 30 heavy (non-hydrogen) atoms. The van der Waals surface area contributed by atoms with Crippen molar-refractivity contribution in [2.75, 3.05) is 37.6 Å². The largest absolute Gasteiger partial charge is 0.393 e. The van der Waals surface area contributed by atoms with E-state index in [0.29, 0.717) is 56.2 Å². The lowest BCUT2D eigenvalue weighted by molar-refractivity contribution is 0.145. The molecule has 168 valence electrons. The predicted octanol–water partition coefficient (Wildman–Crippen LogP) is 2.57. The Bertz CT molecular complexity index is 718. The second-order valence-corrected chi connectivity index (χ2v) is 8.97. The van der Waals surface area contributed by atoms with E-state index in [4.69, 9.17) is 4.99 Å². The zero-order valence-corrected chi connectivity index (χ0v) is 18.9. The molecule has 2 heterocycles. The van der Waals surface area contributed by atoms with Crippen molar-refractivity contribution in [3.8, 4) is 0 Å². The molecule has 0 bridgehead atoms. The van der Waals surface area contributed by atoms with E-state index < -0.39 is 0 Å². The zero-order chi connectivity index (χ0) is 21.7. The number of likely N-dealkylation sites (tertiary alicyclic amines) is 1. The van der Waals surface area contributed by atoms with E-state index >= 15 is 0 Å². The summed E-state index contributed by atoms with van der Waals surface area (Å²) in [6.07, 6.45) is 1.12. The van der Waals surface area contributed by atoms with Crippen molar-refractivity contribution in [3.05, 3.63) is 29.6 Å². The van der Waals surface area contributed by atoms with Crippen LogP contribution in [0.25, 0.3) is 0 Å². The average Bonchev–Trinajstić information content (AvgIpc) is 3.08. The Morgan fingerprint density at radius 1 is 1.27 bits per heavy atom. The van der Waals surface area contributed by atoms with E-state index in [9.17, 15) is 9.50 Å². The first-order chi connectivity index (χ1) is 14.4. The van der Waals surface area contributed by atoms with Crippen molar-refractivity contribution >= 4 is 11.6 Å². The number of piperidine rings is 1. The molecule has 0 radical (unpaired) electrons. The lowest BCUT2D eigenvalue weighted by Gasteiger charge is -2.31. The maximum atomic E-state index is 14.7. The molecular weight excluding hydrogens is 381 g/mol. The fraction of sp³-hybridized carbons (Fsp3) is 0.696. The number of aliphatic imine (C=N–C) groups is 1. The van der Waals surface area contributed by atoms with Crippen LogP contribution in [0, 0.1) is 11.7 Å². The smallest absolute Gasteiger partial charge is 0.191 e. The molecule has 2 aliphatic heterocycles. The fourth-order valence-corrected chi connectivity index (χ4v) is 4.29. The van der Waals surface area contributed by atoms with Crippen LogP contribution in [0.1, 0.15) is 46.1 Å². The van der Waals surface area contributed by atoms with Crippen LogP contribution >= 0.6 is 0 Å². The van der Waals surface area contributed by atoms with Gasteiger partial charge in [-0.3, -0.25) is 4.90 Å². The van der Waals surface area contributed by atoms with Crippen LogP contribution in [0.5, 0.6) is 0 Å². The van der Waals surface area contributed by atoms with E-state index in [1.165, 1.54) is 0 Å². The summed E-state index contributed by atoms with van der Waals surface area (Å²) in [6, 6.07) is 6.29. The summed E-state index contributed by atoms with van der Waals surface area (Å²) < 4.78 is 14.7. The quantitative estimate of drug-likeness (QED) is 0.489. The summed E-state index contributed by atoms with van der Waals surface area (Å²) in [5, 5.41) is 16.6. The summed E-state index contributed by atoms with van der Waals surface area (Å²) in [6.45, 7) is 13.5. The summed E-state index contributed by atoms with van der Waals surface area (Å²) in [7, 11) is 0. The first-order valence-electron chi connectivity index (χ1n) is 11.4. The van der Waals surface area contributed by atoms with Gasteiger partial charge in [-0.2, -0.15) is 0 Å². The van der Waals surface area contributed by atoms with E-state index in [1.54, 1.807) is 6.07 Å². The molecule has 2 atom stereocenters. The molecule has 6 nitrogen and oxygen atoms in total. The highest BCUT2D eigenvalue weighted by Gasteiger charge is 2.31. The number of nitrogens with zero attached hydrogens (tertiary/aromatic N) is 3. The van der Waals surface area contributed by atoms with Gasteiger partial charge >= 0.3 is 0 Å². The summed E-state index contributed by atoms with van der Waals surface area (Å²) in [4.78, 5) is 9.21. The van der Waals surface area contributed by atoms with Crippen LogP contribution in [0.2, 0.25) is 0 Å². The standard InChI is InChI=1S/C23H38FN5O/c1-5-25-23(27-21-15-29(16(2)3)14-17(21)4)26-13-18-6-7-22(20(24)12-18)28-10-8-19(30)9-11-28/h6-7,12,16-17,19,21,30H,5,8-11,13-15H2,1-4H3,(H2,25,26,27). The number of rotatable bonds is 6. The molecular formula is C23H38FN5O. The van der Waals surface area contributed by atoms with E-state index in [2.05, 4.69) is 43.2 Å². The molecule has 0 amide bonds. The molecule has 2 fully saturated rings. The van der Waals surface area contributed by atoms with Crippen molar-refractivity contribution < 1.29 is 9.50 Å². The fourth-order valence-electron chi connectivity index (χ4n) is 4.29. The maximum absolute atomic E-state index is 14.7. The van der Waals surface area contributed by atoms with Gasteiger partial charge < -0.3 is 20.6 Å². The molecule has 2 unspecified atom stereocenters. The van der Waals surface area contributed by atoms with Gasteiger partial charge in [-0.25, -0.2) is 9.38 Å². The minimum atomic E-state index is -0.259. The topological polar surface area (TPSA) is 63.1 Å². The number of guanidine groups is 1. The van der Waals surface area contributed by atoms with Gasteiger partial charge in [0.05, 0.1) is 18.3 Å². The minimum Gasteiger partial charge on any atom is -0.393 e. The number of halogens is 1. The van der Waals surface area contributed by atoms with Gasteiger partial charge in [0, 0.05) is 44.8 Å². The molecule has 2 saturated heterocycles. The van der Waals surface area contributed by atoms with Crippen LogP contribution in [0.15, 0.2) is 23.2 Å². The number of aliphatic hydroxyl groups excluding tert-OH is 1. The molecule has 3 rings (SSSR count). The second kappa shape index (κ2) is 10.4. The molecule has 1 aromatic carbocycles. The lowest BCUT2D eigenvalue weighted by Crippen LogP contribution is -2.46. The Balaban J connectivity index is 1.62. The number of aliphatic hydroxyl groups is 1. The van der Waals surface area contributed by atoms with Gasteiger partial charge in [0.25, 0.3) is 0 Å². The van der Waals surface area contributed by atoms with Gasteiger partial charge in [-0.1, -0.05) is 13.0 Å². The second-order valence-electron chi connectivity index (χ2n) is 8.97. The van der Waals surface area contributed by atoms with Crippen molar-refractivity contribution in [2.24, 2.45) is 10.9 Å². The van der Waals surface area contributed by atoms with Crippen molar-refractivity contribution in [2.45, 2.75) is 65.3 Å². The molecule has 2 aliphatic rings. The summed E-state index contributed by atoms with van der Waals surface area (Å²) in [5.41, 5.74) is 1.47. The zero-order valence-electron chi connectivity index (χ0n) is 18.9. The van der Waals surface area contributed by atoms with E-state index in [-0.39, 0.29) is 11.9 Å². The van der Waals surface area contributed by atoms with Gasteiger partial charge in [-0.15, -0.1) is 0 Å². The Hall–Kier alpha value is -1.86. The number of hydrogen-bond acceptors (Lipinski definition) is 4. The highest BCUT2D eigenvalue weighted by atomic mass is 19.1. The molecule has 0 saturated carbocycles. The Kier molecular flexibility index (Phi) is 7.94. The number of benzene rings is 1. The van der Waals surface area contributed by atoms with Crippen LogP contribution in [0.3, 0.4) is 0 Å². The van der Waals surface area contributed by atoms with Crippen LogP contribution in [0.4, 0.5) is 10.1 Å². The van der Waals surface area contributed by atoms with Gasteiger partial charge in [0.15, 0.2) is 5.96 Å². The average molecular weight is 420 g/mol. The molecule has 1 aromatic rings. The highest BCUT2D eigenvalue weighted by Crippen LogP contribution is 2.24. The van der Waals surface area contributed by atoms with Crippen LogP contribution in [-0.2, 0) is 6.54 Å².